The number of para-hydroxylation sites is 1. The molecule has 0 N–H and O–H groups in total. The van der Waals surface area contributed by atoms with Crippen molar-refractivity contribution in [1.29, 1.82) is 0 Å². The number of hydrogen-bond acceptors (Lipinski definition) is 2. The number of aromatic nitrogens is 3. The zero-order chi connectivity index (χ0) is 37.3. The first-order valence-corrected chi connectivity index (χ1v) is 20.0. The van der Waals surface area contributed by atoms with Gasteiger partial charge in [0.25, 0.3) is 0 Å². The van der Waals surface area contributed by atoms with Gasteiger partial charge in [-0.15, -0.1) is 0 Å². The van der Waals surface area contributed by atoms with Crippen molar-refractivity contribution in [2.45, 2.75) is 65.2 Å². The van der Waals surface area contributed by atoms with Crippen LogP contribution < -0.4 is 0 Å². The van der Waals surface area contributed by atoms with Gasteiger partial charge in [0.15, 0.2) is 5.82 Å². The highest BCUT2D eigenvalue weighted by atomic mass is 15.0. The molecule has 3 aliphatic rings. The summed E-state index contributed by atoms with van der Waals surface area (Å²) in [5, 5.41) is 3.72. The molecule has 10 rings (SSSR count). The van der Waals surface area contributed by atoms with Crippen molar-refractivity contribution in [2.75, 3.05) is 0 Å². The fourth-order valence-corrected chi connectivity index (χ4v) is 9.77. The molecule has 268 valence electrons. The Morgan fingerprint density at radius 1 is 0.727 bits per heavy atom. The molecule has 0 spiro atoms. The van der Waals surface area contributed by atoms with Crippen LogP contribution in [0.1, 0.15) is 75.0 Å². The standard InChI is InChI=1S/C52H45N3/c1-5-33-20-16-17-25-38(33)45-37(6-2)46-40-27-18-19-29-44(40)55(50(46)48-47(45)39-26-14-9-15-28-42(39)52(48,3)4)36-30-31-43-41(32-36)49(34-21-10-7-11-22-34)54-51(53-43)35-23-12-8-13-24-35/h7,9-12,14-25,27-32H,5-6,8,13,26H2,1-4H3. The van der Waals surface area contributed by atoms with Gasteiger partial charge in [-0.2, -0.15) is 0 Å². The summed E-state index contributed by atoms with van der Waals surface area (Å²) in [4.78, 5) is 10.5. The first kappa shape index (κ1) is 33.5. The van der Waals surface area contributed by atoms with Crippen molar-refractivity contribution in [1.82, 2.24) is 14.5 Å². The van der Waals surface area contributed by atoms with Crippen molar-refractivity contribution >= 4 is 43.9 Å². The number of allylic oxidation sites excluding steroid dienone is 10. The van der Waals surface area contributed by atoms with Crippen molar-refractivity contribution in [2.24, 2.45) is 0 Å². The lowest BCUT2D eigenvalue weighted by molar-refractivity contribution is 0.657. The molecule has 0 radical (unpaired) electrons. The second-order valence-corrected chi connectivity index (χ2v) is 15.7. The van der Waals surface area contributed by atoms with Crippen LogP contribution in [0.25, 0.3) is 71.9 Å². The minimum Gasteiger partial charge on any atom is -0.309 e. The van der Waals surface area contributed by atoms with E-state index in [1.807, 2.05) is 0 Å². The van der Waals surface area contributed by atoms with E-state index in [1.54, 1.807) is 0 Å². The number of aryl methyl sites for hydroxylation is 2. The topological polar surface area (TPSA) is 30.7 Å². The van der Waals surface area contributed by atoms with E-state index in [-0.39, 0.29) is 5.41 Å². The zero-order valence-electron chi connectivity index (χ0n) is 32.2. The van der Waals surface area contributed by atoms with Crippen LogP contribution in [0.4, 0.5) is 0 Å². The van der Waals surface area contributed by atoms with Gasteiger partial charge < -0.3 is 4.57 Å². The summed E-state index contributed by atoms with van der Waals surface area (Å²) in [6.45, 7) is 9.54. The van der Waals surface area contributed by atoms with Gasteiger partial charge in [0.05, 0.1) is 22.2 Å². The smallest absolute Gasteiger partial charge is 0.160 e. The van der Waals surface area contributed by atoms with Crippen molar-refractivity contribution in [3.63, 3.8) is 0 Å². The van der Waals surface area contributed by atoms with Gasteiger partial charge in [-0.05, 0) is 101 Å². The number of nitrogens with zero attached hydrogens (tertiary/aromatic N) is 3. The highest BCUT2D eigenvalue weighted by Crippen LogP contribution is 2.57. The molecule has 2 heterocycles. The van der Waals surface area contributed by atoms with Crippen molar-refractivity contribution < 1.29 is 0 Å². The van der Waals surface area contributed by atoms with Gasteiger partial charge in [0.2, 0.25) is 0 Å². The Morgan fingerprint density at radius 3 is 2.36 bits per heavy atom. The van der Waals surface area contributed by atoms with Crippen LogP contribution in [0.3, 0.4) is 0 Å². The quantitative estimate of drug-likeness (QED) is 0.172. The van der Waals surface area contributed by atoms with E-state index in [2.05, 4.69) is 172 Å². The minimum absolute atomic E-state index is 0.231. The van der Waals surface area contributed by atoms with Crippen LogP contribution in [-0.4, -0.2) is 14.5 Å². The summed E-state index contributed by atoms with van der Waals surface area (Å²) in [6, 6.07) is 35.6. The summed E-state index contributed by atoms with van der Waals surface area (Å²) >= 11 is 0. The first-order chi connectivity index (χ1) is 27.0. The number of fused-ring (bicyclic) bond motifs is 7. The monoisotopic (exact) mass is 711 g/mol. The fourth-order valence-electron chi connectivity index (χ4n) is 9.77. The van der Waals surface area contributed by atoms with Crippen LogP contribution >= 0.6 is 0 Å². The van der Waals surface area contributed by atoms with Crippen LogP contribution in [0, 0.1) is 0 Å². The molecular weight excluding hydrogens is 667 g/mol. The molecule has 0 fully saturated rings. The largest absolute Gasteiger partial charge is 0.309 e. The molecule has 3 nitrogen and oxygen atoms in total. The Balaban J connectivity index is 1.35. The van der Waals surface area contributed by atoms with E-state index in [0.29, 0.717) is 0 Å². The molecule has 0 aliphatic heterocycles. The average molecular weight is 712 g/mol. The molecule has 7 aromatic rings. The fraction of sp³-hybridized carbons (Fsp3) is 0.192. The number of hydrogen-bond donors (Lipinski definition) is 0. The van der Waals surface area contributed by atoms with Gasteiger partial charge in [0, 0.05) is 38.4 Å². The number of benzene rings is 5. The van der Waals surface area contributed by atoms with Gasteiger partial charge >= 0.3 is 0 Å². The molecule has 0 amide bonds. The second kappa shape index (κ2) is 13.1. The molecule has 55 heavy (non-hydrogen) atoms. The molecule has 2 aromatic heterocycles. The molecule has 0 saturated heterocycles. The van der Waals surface area contributed by atoms with Crippen LogP contribution in [0.5, 0.6) is 0 Å². The van der Waals surface area contributed by atoms with E-state index in [1.165, 1.54) is 66.3 Å². The zero-order valence-corrected chi connectivity index (χ0v) is 32.2. The maximum absolute atomic E-state index is 5.31. The predicted molar refractivity (Wildman–Crippen MR) is 233 cm³/mol. The van der Waals surface area contributed by atoms with E-state index >= 15 is 0 Å². The van der Waals surface area contributed by atoms with E-state index in [0.717, 1.165) is 71.3 Å². The Labute approximate surface area is 323 Å². The lowest BCUT2D eigenvalue weighted by atomic mass is 9.77. The molecular formula is C52H45N3. The lowest BCUT2D eigenvalue weighted by Crippen LogP contribution is -2.18. The summed E-state index contributed by atoms with van der Waals surface area (Å²) in [5.41, 5.74) is 18.9. The third-order valence-corrected chi connectivity index (χ3v) is 12.2. The van der Waals surface area contributed by atoms with Crippen LogP contribution in [-0.2, 0) is 18.3 Å². The summed E-state index contributed by atoms with van der Waals surface area (Å²) in [6.07, 6.45) is 20.8. The SMILES string of the molecule is CCc1ccccc1-c1c2c(c3c(c1CC)c1ccccc1n3-c1ccc3nc(C4=CCCC=C4)nc(-c4ccccc4)c3c1)C(C)(C)C1=C2CC=CC=C1. The van der Waals surface area contributed by atoms with Gasteiger partial charge in [0.1, 0.15) is 0 Å². The second-order valence-electron chi connectivity index (χ2n) is 15.7. The summed E-state index contributed by atoms with van der Waals surface area (Å²) in [5.74, 6) is 0.786. The Bertz CT molecular complexity index is 2870. The Kier molecular flexibility index (Phi) is 7.95. The van der Waals surface area contributed by atoms with Crippen LogP contribution in [0.2, 0.25) is 0 Å². The van der Waals surface area contributed by atoms with Gasteiger partial charge in [-0.1, -0.05) is 143 Å². The first-order valence-electron chi connectivity index (χ1n) is 20.0. The van der Waals surface area contributed by atoms with E-state index < -0.39 is 0 Å². The highest BCUT2D eigenvalue weighted by molar-refractivity contribution is 6.17. The molecule has 3 heteroatoms. The average Bonchev–Trinajstić information content (AvgIpc) is 3.52. The van der Waals surface area contributed by atoms with Gasteiger partial charge in [-0.3, -0.25) is 0 Å². The van der Waals surface area contributed by atoms with Crippen molar-refractivity contribution in [3.05, 3.63) is 173 Å². The van der Waals surface area contributed by atoms with E-state index in [9.17, 15) is 0 Å². The Hall–Kier alpha value is -6.06. The number of rotatable bonds is 6. The maximum Gasteiger partial charge on any atom is 0.160 e. The third kappa shape index (κ3) is 5.09. The van der Waals surface area contributed by atoms with Crippen LogP contribution in [0.15, 0.2) is 145 Å². The molecule has 0 unspecified atom stereocenters. The predicted octanol–water partition coefficient (Wildman–Crippen LogP) is 13.5. The molecule has 5 aromatic carbocycles. The molecule has 0 bridgehead atoms. The van der Waals surface area contributed by atoms with E-state index in [4.69, 9.17) is 9.97 Å². The molecule has 0 atom stereocenters. The maximum atomic E-state index is 5.31. The molecule has 0 saturated carbocycles. The minimum atomic E-state index is -0.231. The Morgan fingerprint density at radius 2 is 1.55 bits per heavy atom. The third-order valence-electron chi connectivity index (χ3n) is 12.2. The summed E-state index contributed by atoms with van der Waals surface area (Å²) < 4.78 is 2.57. The van der Waals surface area contributed by atoms with Gasteiger partial charge in [-0.25, -0.2) is 9.97 Å². The summed E-state index contributed by atoms with van der Waals surface area (Å²) in [7, 11) is 0. The molecule has 3 aliphatic carbocycles. The normalized spacial score (nSPS) is 15.9. The van der Waals surface area contributed by atoms with Crippen molar-refractivity contribution in [3.8, 4) is 28.1 Å². The lowest BCUT2D eigenvalue weighted by Gasteiger charge is -2.28. The highest BCUT2D eigenvalue weighted by Gasteiger charge is 2.42.